The predicted octanol–water partition coefficient (Wildman–Crippen LogP) is 4.46. The number of carbonyl (C=O) groups is 1. The van der Waals surface area contributed by atoms with Crippen molar-refractivity contribution in [3.05, 3.63) is 47.7 Å². The second-order valence-corrected chi connectivity index (χ2v) is 6.11. The zero-order chi connectivity index (χ0) is 19.9. The third-order valence-electron chi connectivity index (χ3n) is 3.92. The minimum Gasteiger partial charge on any atom is -0.380 e. The fraction of sp³-hybridized carbons (Fsp3) is 0.368. The molecule has 0 aromatic carbocycles. The van der Waals surface area contributed by atoms with Crippen LogP contribution in [0.1, 0.15) is 47.8 Å². The zero-order valence-corrected chi connectivity index (χ0v) is 15.2. The maximum absolute atomic E-state index is 12.6. The van der Waals surface area contributed by atoms with Crippen molar-refractivity contribution in [1.29, 1.82) is 0 Å². The number of rotatable bonds is 8. The lowest BCUT2D eigenvalue weighted by Crippen LogP contribution is -2.11. The normalized spacial score (nSPS) is 11.7. The first-order valence-corrected chi connectivity index (χ1v) is 8.58. The van der Waals surface area contributed by atoms with Crippen molar-refractivity contribution < 1.29 is 18.0 Å². The maximum atomic E-state index is 12.6. The Hall–Kier alpha value is -2.77. The fourth-order valence-corrected chi connectivity index (χ4v) is 2.36. The molecule has 2 heterocycles. The van der Waals surface area contributed by atoms with Crippen molar-refractivity contribution in [2.45, 2.75) is 32.4 Å². The van der Waals surface area contributed by atoms with E-state index in [0.29, 0.717) is 17.4 Å². The van der Waals surface area contributed by atoms with Crippen LogP contribution >= 0.6 is 0 Å². The molecule has 0 aliphatic carbocycles. The van der Waals surface area contributed by atoms with Crippen LogP contribution in [0.15, 0.2) is 30.9 Å². The minimum atomic E-state index is -4.49. The number of nitrogens with zero attached hydrogens (tertiary/aromatic N) is 4. The van der Waals surface area contributed by atoms with Crippen molar-refractivity contribution in [2.75, 3.05) is 13.6 Å². The highest BCUT2D eigenvalue weighted by Crippen LogP contribution is 2.28. The van der Waals surface area contributed by atoms with Crippen LogP contribution in [0.3, 0.4) is 0 Å². The predicted molar refractivity (Wildman–Crippen MR) is 96.8 cm³/mol. The Kier molecular flexibility index (Phi) is 7.04. The van der Waals surface area contributed by atoms with E-state index in [9.17, 15) is 18.0 Å². The van der Waals surface area contributed by atoms with Crippen LogP contribution in [-0.4, -0.2) is 39.7 Å². The van der Waals surface area contributed by atoms with Gasteiger partial charge in [-0.05, 0) is 24.8 Å². The van der Waals surface area contributed by atoms with Gasteiger partial charge in [-0.3, -0.25) is 9.78 Å². The van der Waals surface area contributed by atoms with Gasteiger partial charge in [0.2, 0.25) is 0 Å². The van der Waals surface area contributed by atoms with Crippen LogP contribution < -0.4 is 0 Å². The van der Waals surface area contributed by atoms with E-state index in [-0.39, 0.29) is 11.5 Å². The molecule has 2 rings (SSSR count). The van der Waals surface area contributed by atoms with Gasteiger partial charge in [-0.15, -0.1) is 0 Å². The quantitative estimate of drug-likeness (QED) is 0.501. The van der Waals surface area contributed by atoms with Gasteiger partial charge in [-0.25, -0.2) is 9.97 Å². The third kappa shape index (κ3) is 5.87. The summed E-state index contributed by atoms with van der Waals surface area (Å²) in [5.41, 5.74) is 0.303. The number of unbranched alkanes of at least 4 members (excludes halogenated alkanes) is 2. The van der Waals surface area contributed by atoms with Crippen LogP contribution in [0, 0.1) is 0 Å². The Bertz CT molecular complexity index is 789. The van der Waals surface area contributed by atoms with Crippen molar-refractivity contribution in [2.24, 2.45) is 0 Å². The van der Waals surface area contributed by atoms with Gasteiger partial charge in [0, 0.05) is 43.3 Å². The Labute approximate surface area is 156 Å². The molecule has 0 amide bonds. The lowest BCUT2D eigenvalue weighted by atomic mass is 10.1. The van der Waals surface area contributed by atoms with Crippen LogP contribution in [0.2, 0.25) is 0 Å². The van der Waals surface area contributed by atoms with Crippen molar-refractivity contribution >= 4 is 12.4 Å². The van der Waals surface area contributed by atoms with Crippen molar-refractivity contribution in [3.63, 3.8) is 0 Å². The molecule has 0 radical (unpaired) electrons. The number of aromatic nitrogens is 3. The van der Waals surface area contributed by atoms with Gasteiger partial charge < -0.3 is 4.90 Å². The Morgan fingerprint density at radius 3 is 2.41 bits per heavy atom. The SMILES string of the molecule is CCCCCN(C)/C=C\c1cc(-c2ncc(C(F)(F)F)cn2)cnc1C=O. The number of carbonyl (C=O) groups excluding carboxylic acids is 1. The summed E-state index contributed by atoms with van der Waals surface area (Å²) in [6.45, 7) is 3.02. The number of aldehydes is 1. The Balaban J connectivity index is 2.23. The number of hydrogen-bond donors (Lipinski definition) is 0. The van der Waals surface area contributed by atoms with E-state index in [0.717, 1.165) is 38.2 Å². The first-order valence-electron chi connectivity index (χ1n) is 8.58. The minimum absolute atomic E-state index is 0.110. The summed E-state index contributed by atoms with van der Waals surface area (Å²) in [7, 11) is 1.93. The highest BCUT2D eigenvalue weighted by atomic mass is 19.4. The van der Waals surface area contributed by atoms with Gasteiger partial charge in [0.25, 0.3) is 0 Å². The summed E-state index contributed by atoms with van der Waals surface area (Å²) in [6.07, 6.45) is 5.89. The fourth-order valence-electron chi connectivity index (χ4n) is 2.36. The molecule has 2 aromatic heterocycles. The van der Waals surface area contributed by atoms with Gasteiger partial charge in [-0.2, -0.15) is 13.2 Å². The standard InChI is InChI=1S/C19H21F3N4O/c1-3-4-5-7-26(2)8-6-14-9-15(10-23-17(14)13-27)18-24-11-16(12-25-18)19(20,21)22/h6,8-13H,3-5,7H2,1-2H3/b8-6-. The summed E-state index contributed by atoms with van der Waals surface area (Å²) in [5, 5.41) is 0. The van der Waals surface area contributed by atoms with E-state index >= 15 is 0 Å². The smallest absolute Gasteiger partial charge is 0.380 e. The average Bonchev–Trinajstić information content (AvgIpc) is 2.65. The lowest BCUT2D eigenvalue weighted by Gasteiger charge is -2.13. The van der Waals surface area contributed by atoms with Gasteiger partial charge in [-0.1, -0.05) is 19.8 Å². The van der Waals surface area contributed by atoms with E-state index < -0.39 is 11.7 Å². The van der Waals surface area contributed by atoms with Crippen molar-refractivity contribution in [3.8, 4) is 11.4 Å². The van der Waals surface area contributed by atoms with Crippen LogP contribution in [0.4, 0.5) is 13.2 Å². The summed E-state index contributed by atoms with van der Waals surface area (Å²) < 4.78 is 37.9. The summed E-state index contributed by atoms with van der Waals surface area (Å²) in [5.74, 6) is 0.110. The molecule has 0 aliphatic rings. The van der Waals surface area contributed by atoms with E-state index in [1.807, 2.05) is 18.1 Å². The van der Waals surface area contributed by atoms with E-state index in [1.165, 1.54) is 6.20 Å². The molecule has 5 nitrogen and oxygen atoms in total. The Morgan fingerprint density at radius 1 is 1.11 bits per heavy atom. The highest BCUT2D eigenvalue weighted by Gasteiger charge is 2.31. The molecule has 0 saturated carbocycles. The summed E-state index contributed by atoms with van der Waals surface area (Å²) in [6, 6.07) is 1.63. The first kappa shape index (κ1) is 20.5. The average molecular weight is 378 g/mol. The monoisotopic (exact) mass is 378 g/mol. The molecule has 27 heavy (non-hydrogen) atoms. The maximum Gasteiger partial charge on any atom is 0.419 e. The molecule has 0 unspecified atom stereocenters. The number of hydrogen-bond acceptors (Lipinski definition) is 5. The largest absolute Gasteiger partial charge is 0.419 e. The van der Waals surface area contributed by atoms with Crippen molar-refractivity contribution in [1.82, 2.24) is 19.9 Å². The highest BCUT2D eigenvalue weighted by molar-refractivity contribution is 5.80. The molecule has 0 N–H and O–H groups in total. The number of alkyl halides is 3. The molecular formula is C19H21F3N4O. The second kappa shape index (κ2) is 9.25. The van der Waals surface area contributed by atoms with Gasteiger partial charge in [0.05, 0.1) is 5.56 Å². The van der Waals surface area contributed by atoms with Gasteiger partial charge in [0.1, 0.15) is 5.69 Å². The molecule has 0 fully saturated rings. The van der Waals surface area contributed by atoms with Gasteiger partial charge in [0.15, 0.2) is 12.1 Å². The molecule has 0 saturated heterocycles. The van der Waals surface area contributed by atoms with E-state index in [1.54, 1.807) is 12.1 Å². The molecule has 144 valence electrons. The van der Waals surface area contributed by atoms with Crippen LogP contribution in [0.25, 0.3) is 17.5 Å². The first-order chi connectivity index (χ1) is 12.8. The topological polar surface area (TPSA) is 59.0 Å². The zero-order valence-electron chi connectivity index (χ0n) is 15.2. The number of halogens is 3. The Morgan fingerprint density at radius 2 is 1.81 bits per heavy atom. The molecule has 8 heteroatoms. The summed E-state index contributed by atoms with van der Waals surface area (Å²) in [4.78, 5) is 24.8. The van der Waals surface area contributed by atoms with Crippen LogP contribution in [0.5, 0.6) is 0 Å². The second-order valence-electron chi connectivity index (χ2n) is 6.11. The summed E-state index contributed by atoms with van der Waals surface area (Å²) >= 11 is 0. The molecule has 0 atom stereocenters. The number of pyridine rings is 1. The molecule has 0 aliphatic heterocycles. The molecule has 0 bridgehead atoms. The third-order valence-corrected chi connectivity index (χ3v) is 3.92. The van der Waals surface area contributed by atoms with E-state index in [2.05, 4.69) is 21.9 Å². The van der Waals surface area contributed by atoms with Crippen LogP contribution in [-0.2, 0) is 6.18 Å². The molecular weight excluding hydrogens is 357 g/mol. The van der Waals surface area contributed by atoms with Gasteiger partial charge >= 0.3 is 6.18 Å². The molecule has 0 spiro atoms. The van der Waals surface area contributed by atoms with E-state index in [4.69, 9.17) is 0 Å². The molecule has 2 aromatic rings. The lowest BCUT2D eigenvalue weighted by molar-refractivity contribution is -0.138.